The van der Waals surface area contributed by atoms with Crippen molar-refractivity contribution in [2.75, 3.05) is 0 Å². The van der Waals surface area contributed by atoms with Crippen LogP contribution in [0.15, 0.2) is 13.2 Å². The third-order valence-corrected chi connectivity index (χ3v) is 1.34. The third kappa shape index (κ3) is 2.62. The quantitative estimate of drug-likeness (QED) is 0.402. The summed E-state index contributed by atoms with van der Waals surface area (Å²) in [5.74, 6) is -0.928. The van der Waals surface area contributed by atoms with Crippen LogP contribution in [-0.2, 0) is 0 Å². The van der Waals surface area contributed by atoms with Gasteiger partial charge >= 0.3 is 43.6 Å². The van der Waals surface area contributed by atoms with Crippen LogP contribution in [-0.4, -0.2) is 6.16 Å². The van der Waals surface area contributed by atoms with Gasteiger partial charge in [0.1, 0.15) is 0 Å². The Labute approximate surface area is 77.4 Å². The van der Waals surface area contributed by atoms with Crippen LogP contribution < -0.4 is 45.0 Å². The predicted octanol–water partition coefficient (Wildman–Crippen LogP) is -4.00. The van der Waals surface area contributed by atoms with Crippen molar-refractivity contribution in [3.8, 4) is 0 Å². The zero-order chi connectivity index (χ0) is 6.85. The SMILES string of the molecule is O=C([O-])Op1oc(=O)o1.[Na+]. The molecule has 0 N–H and O–H groups in total. The van der Waals surface area contributed by atoms with Crippen LogP contribution in [0.5, 0.6) is 0 Å². The van der Waals surface area contributed by atoms with Crippen molar-refractivity contribution >= 4 is 14.4 Å². The van der Waals surface area contributed by atoms with Gasteiger partial charge in [0.2, 0.25) is 0 Å². The first kappa shape index (κ1) is 9.84. The van der Waals surface area contributed by atoms with E-state index in [1.165, 1.54) is 0 Å². The number of hydrogen-bond donors (Lipinski definition) is 0. The van der Waals surface area contributed by atoms with E-state index in [4.69, 9.17) is 0 Å². The molecule has 1 aromatic heterocycles. The molecule has 0 aliphatic carbocycles. The molecule has 0 fully saturated rings. The van der Waals surface area contributed by atoms with Crippen molar-refractivity contribution in [1.29, 1.82) is 0 Å². The molecule has 0 saturated heterocycles. The second-order valence-corrected chi connectivity index (χ2v) is 1.99. The molecule has 0 aromatic carbocycles. The van der Waals surface area contributed by atoms with Gasteiger partial charge in [-0.05, 0) is 0 Å². The monoisotopic (exact) mass is 174 g/mol. The second-order valence-electron chi connectivity index (χ2n) is 0.997. The number of carbonyl (C=O) groups is 1. The van der Waals surface area contributed by atoms with Crippen LogP contribution in [0.25, 0.3) is 0 Å². The molecule has 0 aliphatic rings. The fourth-order valence-electron chi connectivity index (χ4n) is 0.227. The summed E-state index contributed by atoms with van der Waals surface area (Å²) in [5, 5.41) is 9.52. The van der Waals surface area contributed by atoms with E-state index in [9.17, 15) is 14.7 Å². The smallest absolute Gasteiger partial charge is 0.443 e. The molecule has 0 bridgehead atoms. The van der Waals surface area contributed by atoms with Crippen molar-refractivity contribution in [3.05, 3.63) is 10.6 Å². The van der Waals surface area contributed by atoms with Crippen molar-refractivity contribution in [2.45, 2.75) is 0 Å². The third-order valence-electron chi connectivity index (χ3n) is 0.447. The van der Waals surface area contributed by atoms with Crippen molar-refractivity contribution in [2.24, 2.45) is 0 Å². The zero-order valence-corrected chi connectivity index (χ0v) is 7.79. The molecule has 10 heavy (non-hydrogen) atoms. The van der Waals surface area contributed by atoms with Gasteiger partial charge in [-0.25, -0.2) is 4.79 Å². The minimum atomic E-state index is -1.99. The zero-order valence-electron chi connectivity index (χ0n) is 4.90. The van der Waals surface area contributed by atoms with Crippen LogP contribution in [0.4, 0.5) is 4.79 Å². The van der Waals surface area contributed by atoms with E-state index in [0.29, 0.717) is 0 Å². The summed E-state index contributed by atoms with van der Waals surface area (Å²) in [5.41, 5.74) is 0. The van der Waals surface area contributed by atoms with E-state index in [1.807, 2.05) is 0 Å². The average Bonchev–Trinajstić information content (AvgIpc) is 1.60. The molecule has 0 aliphatic heterocycles. The Kier molecular flexibility index (Phi) is 3.81. The number of hydrogen-bond acceptors (Lipinski definition) is 6. The van der Waals surface area contributed by atoms with Gasteiger partial charge in [0.05, 0.1) is 0 Å². The number of carbonyl (C=O) groups excluding carboxylic acids is 1. The first-order valence-electron chi connectivity index (χ1n) is 1.77. The Morgan fingerprint density at radius 1 is 1.60 bits per heavy atom. The van der Waals surface area contributed by atoms with E-state index in [2.05, 4.69) is 12.9 Å². The summed E-state index contributed by atoms with van der Waals surface area (Å²) >= 11 is 0. The summed E-state index contributed by atoms with van der Waals surface area (Å²) in [7, 11) is -1.99. The molecule has 0 spiro atoms. The first-order valence-corrected chi connectivity index (χ1v) is 2.87. The Hall–Kier alpha value is -0.160. The predicted molar refractivity (Wildman–Crippen MR) is 21.9 cm³/mol. The molecule has 1 rings (SSSR count). The van der Waals surface area contributed by atoms with Gasteiger partial charge < -0.3 is 22.8 Å². The average molecular weight is 174 g/mol. The summed E-state index contributed by atoms with van der Waals surface area (Å²) in [6.07, 6.45) is -1.77. The fraction of sp³-hybridized carbons (Fsp3) is 0. The Bertz CT molecular complexity index is 240. The van der Waals surface area contributed by atoms with Gasteiger partial charge in [-0.1, -0.05) is 0 Å². The number of rotatable bonds is 1. The molecule has 1 heterocycles. The van der Waals surface area contributed by atoms with Gasteiger partial charge in [-0.2, -0.15) is 0 Å². The largest absolute Gasteiger partial charge is 1.00 e. The topological polar surface area (TPSA) is 92.7 Å². The van der Waals surface area contributed by atoms with Crippen LogP contribution in [0, 0.1) is 0 Å². The summed E-state index contributed by atoms with van der Waals surface area (Å²) < 4.78 is 11.8. The maximum atomic E-state index is 9.77. The summed E-state index contributed by atoms with van der Waals surface area (Å²) in [4.78, 5) is 19.3. The van der Waals surface area contributed by atoms with E-state index in [-0.39, 0.29) is 29.6 Å². The molecule has 0 atom stereocenters. The van der Waals surface area contributed by atoms with Crippen LogP contribution in [0.1, 0.15) is 0 Å². The molecule has 0 radical (unpaired) electrons. The Morgan fingerprint density at radius 2 is 2.10 bits per heavy atom. The van der Waals surface area contributed by atoms with Gasteiger partial charge in [0, 0.05) is 0 Å². The summed E-state index contributed by atoms with van der Waals surface area (Å²) in [6, 6.07) is 0. The van der Waals surface area contributed by atoms with E-state index >= 15 is 0 Å². The normalized spacial score (nSPS) is 8.40. The van der Waals surface area contributed by atoms with Crippen molar-refractivity contribution in [3.63, 3.8) is 0 Å². The fourth-order valence-corrected chi connectivity index (χ4v) is 0.680. The molecule has 0 unspecified atom stereocenters. The molecule has 50 valence electrons. The Balaban J connectivity index is 0.000000810. The van der Waals surface area contributed by atoms with Gasteiger partial charge in [-0.3, -0.25) is 0 Å². The van der Waals surface area contributed by atoms with Gasteiger partial charge in [0.25, 0.3) is 6.16 Å². The molecule has 1 aromatic rings. The van der Waals surface area contributed by atoms with Crippen LogP contribution in [0.3, 0.4) is 0 Å². The number of carboxylic acid groups (broad SMARTS) is 1. The van der Waals surface area contributed by atoms with E-state index in [0.717, 1.165) is 0 Å². The first-order chi connectivity index (χ1) is 4.18. The van der Waals surface area contributed by atoms with Gasteiger partial charge in [0.15, 0.2) is 0 Å². The standard InChI is InChI=1S/C2HO6P.Na/c3-1(4)6-9-7-2(5)8-9;/h(H,3,4);/q;+1/p-1. The second kappa shape index (κ2) is 3.88. The van der Waals surface area contributed by atoms with Crippen LogP contribution >= 0.6 is 8.24 Å². The Morgan fingerprint density at radius 3 is 2.40 bits per heavy atom. The molecule has 0 amide bonds. The van der Waals surface area contributed by atoms with E-state index < -0.39 is 20.2 Å². The van der Waals surface area contributed by atoms with Crippen molar-refractivity contribution < 1.29 is 52.4 Å². The van der Waals surface area contributed by atoms with Crippen LogP contribution in [0.2, 0.25) is 0 Å². The van der Waals surface area contributed by atoms with Gasteiger partial charge in [-0.15, -0.1) is 0 Å². The molecule has 0 saturated carbocycles. The molecule has 6 nitrogen and oxygen atoms in total. The maximum Gasteiger partial charge on any atom is 1.00 e. The minimum absolute atomic E-state index is 0. The summed E-state index contributed by atoms with van der Waals surface area (Å²) in [6.45, 7) is 0. The molecular weight excluding hydrogens is 174 g/mol. The minimum Gasteiger partial charge on any atom is -0.443 e. The maximum absolute atomic E-state index is 9.77. The molecule has 8 heteroatoms. The molecular formula is C2NaO6P. The van der Waals surface area contributed by atoms with E-state index in [1.54, 1.807) is 0 Å². The van der Waals surface area contributed by atoms with Crippen molar-refractivity contribution in [1.82, 2.24) is 0 Å².